The van der Waals surface area contributed by atoms with E-state index in [9.17, 15) is 9.59 Å². The highest BCUT2D eigenvalue weighted by molar-refractivity contribution is 5.78. The number of nitrogens with zero attached hydrogens (tertiary/aromatic N) is 4. The molecule has 23 heavy (non-hydrogen) atoms. The van der Waals surface area contributed by atoms with Crippen molar-refractivity contribution in [2.45, 2.75) is 19.5 Å². The van der Waals surface area contributed by atoms with Gasteiger partial charge in [0.25, 0.3) is 5.56 Å². The van der Waals surface area contributed by atoms with Gasteiger partial charge in [0.15, 0.2) is 0 Å². The molecule has 2 aromatic heterocycles. The molecule has 7 nitrogen and oxygen atoms in total. The topological polar surface area (TPSA) is 89.8 Å². The molecule has 0 spiro atoms. The van der Waals surface area contributed by atoms with Crippen molar-refractivity contribution in [1.29, 1.82) is 0 Å². The van der Waals surface area contributed by atoms with Crippen LogP contribution in [0.1, 0.15) is 18.7 Å². The second-order valence-corrected chi connectivity index (χ2v) is 5.11. The minimum atomic E-state index is -0.337. The highest BCUT2D eigenvalue weighted by Crippen LogP contribution is 2.07. The molecule has 116 valence electrons. The van der Waals surface area contributed by atoms with Crippen LogP contribution in [0.3, 0.4) is 0 Å². The van der Waals surface area contributed by atoms with E-state index in [1.165, 1.54) is 0 Å². The zero-order valence-corrected chi connectivity index (χ0v) is 12.5. The van der Waals surface area contributed by atoms with Gasteiger partial charge in [-0.1, -0.05) is 23.4 Å². The van der Waals surface area contributed by atoms with Gasteiger partial charge in [-0.05, 0) is 31.2 Å². The number of carbonyl (C=O) groups excluding carboxylic acids is 1. The summed E-state index contributed by atoms with van der Waals surface area (Å²) in [6.07, 6.45) is 1.66. The Morgan fingerprint density at radius 1 is 1.22 bits per heavy atom. The summed E-state index contributed by atoms with van der Waals surface area (Å²) < 4.78 is 1.06. The van der Waals surface area contributed by atoms with Crippen LogP contribution in [0.15, 0.2) is 53.5 Å². The number of amides is 1. The summed E-state index contributed by atoms with van der Waals surface area (Å²) in [6.45, 7) is 1.64. The van der Waals surface area contributed by atoms with E-state index in [0.717, 1.165) is 10.4 Å². The van der Waals surface area contributed by atoms with Crippen molar-refractivity contribution in [2.75, 3.05) is 0 Å². The average molecular weight is 309 g/mol. The van der Waals surface area contributed by atoms with Crippen molar-refractivity contribution in [3.8, 4) is 0 Å². The average Bonchev–Trinajstić information content (AvgIpc) is 2.58. The Kier molecular flexibility index (Phi) is 4.09. The summed E-state index contributed by atoms with van der Waals surface area (Å²) in [5.41, 5.74) is 0.921. The fourth-order valence-corrected chi connectivity index (χ4v) is 2.26. The maximum absolute atomic E-state index is 12.3. The Hall–Kier alpha value is -3.09. The maximum Gasteiger partial charge on any atom is 0.278 e. The number of hydrogen-bond acceptors (Lipinski definition) is 5. The number of carbonyl (C=O) groups is 1. The van der Waals surface area contributed by atoms with Crippen LogP contribution in [0.5, 0.6) is 0 Å². The van der Waals surface area contributed by atoms with Gasteiger partial charge in [-0.25, -0.2) is 4.68 Å². The zero-order chi connectivity index (χ0) is 16.2. The molecule has 0 saturated carbocycles. The Morgan fingerprint density at radius 2 is 2.00 bits per heavy atom. The molecular weight excluding hydrogens is 294 g/mol. The van der Waals surface area contributed by atoms with Crippen LogP contribution in [0.25, 0.3) is 10.9 Å². The lowest BCUT2D eigenvalue weighted by Gasteiger charge is -2.13. The predicted molar refractivity (Wildman–Crippen MR) is 84.6 cm³/mol. The molecule has 1 aromatic carbocycles. The van der Waals surface area contributed by atoms with E-state index in [4.69, 9.17) is 0 Å². The van der Waals surface area contributed by atoms with Crippen molar-refractivity contribution >= 4 is 16.8 Å². The molecule has 0 fully saturated rings. The van der Waals surface area contributed by atoms with Crippen molar-refractivity contribution in [1.82, 2.24) is 25.3 Å². The van der Waals surface area contributed by atoms with E-state index in [0.29, 0.717) is 10.9 Å². The smallest absolute Gasteiger partial charge is 0.278 e. The summed E-state index contributed by atoms with van der Waals surface area (Å²) in [6, 6.07) is 12.1. The van der Waals surface area contributed by atoms with Crippen LogP contribution in [-0.4, -0.2) is 25.9 Å². The molecule has 1 amide bonds. The van der Waals surface area contributed by atoms with E-state index in [1.54, 1.807) is 30.5 Å². The van der Waals surface area contributed by atoms with Gasteiger partial charge in [0.1, 0.15) is 12.1 Å². The first-order valence-electron chi connectivity index (χ1n) is 7.18. The molecule has 7 heteroatoms. The summed E-state index contributed by atoms with van der Waals surface area (Å²) in [5, 5.41) is 11.0. The number of hydrogen-bond donors (Lipinski definition) is 1. The zero-order valence-electron chi connectivity index (χ0n) is 12.5. The van der Waals surface area contributed by atoms with Crippen molar-refractivity contribution in [2.24, 2.45) is 0 Å². The minimum absolute atomic E-state index is 0.187. The Bertz CT molecular complexity index is 892. The molecule has 1 atom stereocenters. The molecule has 3 aromatic rings. The van der Waals surface area contributed by atoms with Gasteiger partial charge in [-0.2, -0.15) is 0 Å². The summed E-state index contributed by atoms with van der Waals surface area (Å²) in [4.78, 5) is 28.6. The minimum Gasteiger partial charge on any atom is -0.346 e. The van der Waals surface area contributed by atoms with Gasteiger partial charge in [-0.15, -0.1) is 5.10 Å². The van der Waals surface area contributed by atoms with Gasteiger partial charge >= 0.3 is 0 Å². The number of pyridine rings is 1. The van der Waals surface area contributed by atoms with Gasteiger partial charge < -0.3 is 5.32 Å². The number of aromatic nitrogens is 4. The second-order valence-electron chi connectivity index (χ2n) is 5.11. The van der Waals surface area contributed by atoms with Crippen LogP contribution in [0.4, 0.5) is 0 Å². The van der Waals surface area contributed by atoms with Crippen molar-refractivity contribution in [3.63, 3.8) is 0 Å². The van der Waals surface area contributed by atoms with Gasteiger partial charge in [0, 0.05) is 6.20 Å². The monoisotopic (exact) mass is 309 g/mol. The third-order valence-electron chi connectivity index (χ3n) is 3.43. The summed E-state index contributed by atoms with van der Waals surface area (Å²) in [5.74, 6) is -0.324. The van der Waals surface area contributed by atoms with Gasteiger partial charge in [0.2, 0.25) is 5.91 Å². The van der Waals surface area contributed by atoms with Crippen molar-refractivity contribution in [3.05, 3.63) is 64.7 Å². The lowest BCUT2D eigenvalue weighted by atomic mass is 10.2. The third kappa shape index (κ3) is 3.23. The van der Waals surface area contributed by atoms with E-state index in [1.807, 2.05) is 25.1 Å². The maximum atomic E-state index is 12.3. The predicted octanol–water partition coefficient (Wildman–Crippen LogP) is 1.06. The fraction of sp³-hybridized carbons (Fsp3) is 0.188. The molecule has 0 saturated heterocycles. The highest BCUT2D eigenvalue weighted by Gasteiger charge is 2.13. The lowest BCUT2D eigenvalue weighted by molar-refractivity contribution is -0.122. The second kappa shape index (κ2) is 6.35. The number of rotatable bonds is 4. The molecule has 0 radical (unpaired) electrons. The Labute approximate surface area is 132 Å². The van der Waals surface area contributed by atoms with Crippen LogP contribution >= 0.6 is 0 Å². The SMILES string of the molecule is CC(NC(=O)Cn1nnc2ccccc2c1=O)c1ccccn1. The largest absolute Gasteiger partial charge is 0.346 e. The van der Waals surface area contributed by atoms with E-state index >= 15 is 0 Å². The standard InChI is InChI=1S/C16H15N5O2/c1-11(13-7-4-5-9-17-13)18-15(22)10-21-16(23)12-6-2-3-8-14(12)19-20-21/h2-9,11H,10H2,1H3,(H,18,22). The molecule has 2 heterocycles. The molecule has 1 unspecified atom stereocenters. The number of benzene rings is 1. The lowest BCUT2D eigenvalue weighted by Crippen LogP contribution is -2.35. The van der Waals surface area contributed by atoms with Gasteiger partial charge in [0.05, 0.1) is 17.1 Å². The first-order valence-corrected chi connectivity index (χ1v) is 7.18. The molecule has 3 rings (SSSR count). The molecule has 0 bridgehead atoms. The fourth-order valence-electron chi connectivity index (χ4n) is 2.26. The van der Waals surface area contributed by atoms with Crippen molar-refractivity contribution < 1.29 is 4.79 Å². The van der Waals surface area contributed by atoms with E-state index in [2.05, 4.69) is 20.6 Å². The van der Waals surface area contributed by atoms with Gasteiger partial charge in [-0.3, -0.25) is 14.6 Å². The molecular formula is C16H15N5O2. The quantitative estimate of drug-likeness (QED) is 0.778. The third-order valence-corrected chi connectivity index (χ3v) is 3.43. The first-order chi connectivity index (χ1) is 11.1. The summed E-state index contributed by atoms with van der Waals surface area (Å²) in [7, 11) is 0. The van der Waals surface area contributed by atoms with E-state index < -0.39 is 0 Å². The number of fused-ring (bicyclic) bond motifs is 1. The number of nitrogens with one attached hydrogen (secondary N) is 1. The first kappa shape index (κ1) is 14.8. The molecule has 0 aliphatic heterocycles. The highest BCUT2D eigenvalue weighted by atomic mass is 16.2. The van der Waals surface area contributed by atoms with Crippen LogP contribution in [-0.2, 0) is 11.3 Å². The molecule has 1 N–H and O–H groups in total. The Balaban J connectivity index is 1.76. The Morgan fingerprint density at radius 3 is 2.78 bits per heavy atom. The normalized spacial score (nSPS) is 12.0. The molecule has 0 aliphatic carbocycles. The van der Waals surface area contributed by atoms with Crippen LogP contribution < -0.4 is 10.9 Å². The van der Waals surface area contributed by atoms with E-state index in [-0.39, 0.29) is 24.1 Å². The van der Waals surface area contributed by atoms with Crippen LogP contribution in [0.2, 0.25) is 0 Å². The molecule has 0 aliphatic rings. The summed E-state index contributed by atoms with van der Waals surface area (Å²) >= 11 is 0. The van der Waals surface area contributed by atoms with Crippen LogP contribution in [0, 0.1) is 0 Å².